The van der Waals surface area contributed by atoms with Crippen molar-refractivity contribution >= 4 is 0 Å². The minimum absolute atomic E-state index is 0. The van der Waals surface area contributed by atoms with Crippen LogP contribution in [0.15, 0.2) is 30.4 Å². The van der Waals surface area contributed by atoms with Gasteiger partial charge in [-0.3, -0.25) is 6.08 Å². The second-order valence-corrected chi connectivity index (χ2v) is 7.57. The van der Waals surface area contributed by atoms with E-state index in [1.54, 1.807) is 7.11 Å². The van der Waals surface area contributed by atoms with Crippen molar-refractivity contribution in [1.82, 2.24) is 0 Å². The minimum atomic E-state index is -0.0986. The number of benzene rings is 1. The fourth-order valence-corrected chi connectivity index (χ4v) is 2.21. The summed E-state index contributed by atoms with van der Waals surface area (Å²) in [6, 6.07) is 3.84. The third-order valence-corrected chi connectivity index (χ3v) is 3.52. The Hall–Kier alpha value is -1.13. The topological polar surface area (TPSA) is 29.5 Å². The first-order valence-electron chi connectivity index (χ1n) is 7.71. The number of phenolic OH excluding ortho intramolecular Hbond substituents is 1. The van der Waals surface area contributed by atoms with Crippen molar-refractivity contribution in [3.8, 4) is 11.5 Å². The van der Waals surface area contributed by atoms with Crippen LogP contribution in [0.2, 0.25) is 0 Å². The van der Waals surface area contributed by atoms with Crippen LogP contribution >= 0.6 is 0 Å². The van der Waals surface area contributed by atoms with Crippen LogP contribution in [0, 0.1) is 6.08 Å². The largest absolute Gasteiger partial charge is 1.00 e. The van der Waals surface area contributed by atoms with E-state index in [2.05, 4.69) is 53.7 Å². The zero-order chi connectivity index (χ0) is 17.0. The number of phenols is 1. The number of methoxy groups -OCH3 is 1. The molecule has 1 aliphatic rings. The monoisotopic (exact) mass is 387 g/mol. The Morgan fingerprint density at radius 1 is 0.960 bits per heavy atom. The number of allylic oxidation sites excluding steroid dienone is 4. The number of hydrogen-bond acceptors (Lipinski definition) is 2. The molecule has 2 nitrogen and oxygen atoms in total. The summed E-state index contributed by atoms with van der Waals surface area (Å²) >= 11 is 0. The summed E-state index contributed by atoms with van der Waals surface area (Å²) in [5.74, 6) is 1.20. The van der Waals surface area contributed by atoms with Crippen molar-refractivity contribution in [1.29, 1.82) is 0 Å². The summed E-state index contributed by atoms with van der Waals surface area (Å²) in [5.41, 5.74) is 1.67. The van der Waals surface area contributed by atoms with Crippen molar-refractivity contribution in [3.05, 3.63) is 47.6 Å². The van der Waals surface area contributed by atoms with Crippen molar-refractivity contribution < 1.29 is 41.0 Å². The van der Waals surface area contributed by atoms with E-state index in [4.69, 9.17) is 4.74 Å². The van der Waals surface area contributed by atoms with Crippen LogP contribution in [0.4, 0.5) is 0 Å². The van der Waals surface area contributed by atoms with Gasteiger partial charge in [-0.1, -0.05) is 41.5 Å². The first kappa shape index (κ1) is 28.7. The molecule has 0 spiro atoms. The van der Waals surface area contributed by atoms with Gasteiger partial charge in [0.2, 0.25) is 0 Å². The SMILES string of the molecule is COc1cc(C(C)(C)C)c(O)c(C(C)(C)C)c1.[C-]1=CC=CC1.[F-].[F-].[Ti]. The Labute approximate surface area is 166 Å². The molecule has 142 valence electrons. The van der Waals surface area contributed by atoms with Crippen LogP contribution in [0.25, 0.3) is 0 Å². The van der Waals surface area contributed by atoms with Gasteiger partial charge in [0.05, 0.1) is 7.11 Å². The third kappa shape index (κ3) is 8.69. The van der Waals surface area contributed by atoms with Crippen LogP contribution in [-0.2, 0) is 32.5 Å². The van der Waals surface area contributed by atoms with Gasteiger partial charge in [-0.05, 0) is 23.0 Å². The quantitative estimate of drug-likeness (QED) is 0.511. The molecule has 2 rings (SSSR count). The van der Waals surface area contributed by atoms with Gasteiger partial charge in [0.25, 0.3) is 0 Å². The van der Waals surface area contributed by atoms with E-state index in [1.165, 1.54) is 0 Å². The zero-order valence-corrected chi connectivity index (χ0v) is 17.8. The molecule has 0 aromatic heterocycles. The minimum Gasteiger partial charge on any atom is -1.00 e. The molecule has 1 aromatic carbocycles. The van der Waals surface area contributed by atoms with Gasteiger partial charge >= 0.3 is 0 Å². The van der Waals surface area contributed by atoms with E-state index in [9.17, 15) is 5.11 Å². The fraction of sp³-hybridized carbons (Fsp3) is 0.500. The van der Waals surface area contributed by atoms with E-state index in [0.717, 1.165) is 23.3 Å². The van der Waals surface area contributed by atoms with Crippen molar-refractivity contribution in [2.24, 2.45) is 0 Å². The summed E-state index contributed by atoms with van der Waals surface area (Å²) in [6.45, 7) is 12.5. The van der Waals surface area contributed by atoms with Crippen LogP contribution in [0.1, 0.15) is 59.1 Å². The predicted molar refractivity (Wildman–Crippen MR) is 93.6 cm³/mol. The Morgan fingerprint density at radius 2 is 1.40 bits per heavy atom. The van der Waals surface area contributed by atoms with E-state index >= 15 is 0 Å². The van der Waals surface area contributed by atoms with Crippen LogP contribution in [0.5, 0.6) is 11.5 Å². The molecule has 0 heterocycles. The molecule has 25 heavy (non-hydrogen) atoms. The van der Waals surface area contributed by atoms with Gasteiger partial charge in [0.1, 0.15) is 11.5 Å². The molecule has 1 N–H and O–H groups in total. The number of aromatic hydroxyl groups is 1. The molecule has 0 unspecified atom stereocenters. The zero-order valence-electron chi connectivity index (χ0n) is 16.2. The summed E-state index contributed by atoms with van der Waals surface area (Å²) in [4.78, 5) is 0. The van der Waals surface area contributed by atoms with Gasteiger partial charge in [0, 0.05) is 32.8 Å². The molecular formula is C20H29F2O2Ti-3. The van der Waals surface area contributed by atoms with Gasteiger partial charge in [0.15, 0.2) is 0 Å². The maximum atomic E-state index is 10.4. The Bertz CT molecular complexity index is 523. The summed E-state index contributed by atoms with van der Waals surface area (Å²) in [5, 5.41) is 10.4. The number of ether oxygens (including phenoxy) is 1. The maximum absolute atomic E-state index is 10.4. The van der Waals surface area contributed by atoms with Crippen LogP contribution in [0.3, 0.4) is 0 Å². The van der Waals surface area contributed by atoms with Gasteiger partial charge in [-0.2, -0.15) is 6.08 Å². The van der Waals surface area contributed by atoms with Crippen LogP contribution in [-0.4, -0.2) is 12.2 Å². The Balaban J connectivity index is -0.000000522. The average molecular weight is 387 g/mol. The van der Waals surface area contributed by atoms with E-state index in [1.807, 2.05) is 24.3 Å². The van der Waals surface area contributed by atoms with Gasteiger partial charge in [-0.15, -0.1) is 6.42 Å². The number of rotatable bonds is 1. The summed E-state index contributed by atoms with van der Waals surface area (Å²) in [6.07, 6.45) is 10.0. The van der Waals surface area contributed by atoms with Crippen molar-refractivity contribution in [3.63, 3.8) is 0 Å². The molecular weight excluding hydrogens is 358 g/mol. The number of halogens is 2. The molecule has 5 heteroatoms. The third-order valence-electron chi connectivity index (χ3n) is 3.52. The Kier molecular flexibility index (Phi) is 13.2. The molecule has 0 amide bonds. The molecule has 0 saturated carbocycles. The molecule has 0 bridgehead atoms. The van der Waals surface area contributed by atoms with Gasteiger partial charge in [-0.25, -0.2) is 12.2 Å². The molecule has 1 aliphatic carbocycles. The van der Waals surface area contributed by atoms with E-state index in [0.29, 0.717) is 5.75 Å². The standard InChI is InChI=1S/C15H24O2.C5H5.2FH.Ti/c1-14(2,3)11-8-10(17-7)9-12(13(11)16)15(4,5)6;1-2-4-5-3-1;;;/h8-9,16H,1-7H3;1-3H,4H2;2*1H;/q;-1;;;/p-2. The van der Waals surface area contributed by atoms with Gasteiger partial charge < -0.3 is 19.3 Å². The molecule has 0 radical (unpaired) electrons. The first-order valence-corrected chi connectivity index (χ1v) is 7.71. The second-order valence-electron chi connectivity index (χ2n) is 7.57. The average Bonchev–Trinajstić information content (AvgIpc) is 2.95. The molecule has 0 aliphatic heterocycles. The smallest absolute Gasteiger partial charge is 0.123 e. The molecule has 0 saturated heterocycles. The summed E-state index contributed by atoms with van der Waals surface area (Å²) < 4.78 is 5.33. The Morgan fingerprint density at radius 3 is 1.60 bits per heavy atom. The second kappa shape index (κ2) is 11.5. The van der Waals surface area contributed by atoms with E-state index < -0.39 is 0 Å². The molecule has 1 aromatic rings. The van der Waals surface area contributed by atoms with Crippen molar-refractivity contribution in [2.75, 3.05) is 7.11 Å². The van der Waals surface area contributed by atoms with E-state index in [-0.39, 0.29) is 42.0 Å². The number of hydrogen-bond donors (Lipinski definition) is 1. The normalized spacial score (nSPS) is 12.1. The van der Waals surface area contributed by atoms with Crippen LogP contribution < -0.4 is 14.1 Å². The fourth-order valence-electron chi connectivity index (χ4n) is 2.21. The van der Waals surface area contributed by atoms with Crippen molar-refractivity contribution in [2.45, 2.75) is 58.8 Å². The maximum Gasteiger partial charge on any atom is 0.123 e. The molecule has 0 atom stereocenters. The molecule has 0 fully saturated rings. The first-order chi connectivity index (χ1) is 10.1. The predicted octanol–water partition coefficient (Wildman–Crippen LogP) is -0.693. The summed E-state index contributed by atoms with van der Waals surface area (Å²) in [7, 11) is 1.66.